The lowest BCUT2D eigenvalue weighted by Crippen LogP contribution is -2.25. The highest BCUT2D eigenvalue weighted by Gasteiger charge is 2.36. The fourth-order valence-corrected chi connectivity index (χ4v) is 3.93. The number of hydrogen-bond acceptors (Lipinski definition) is 7. The van der Waals surface area contributed by atoms with E-state index in [4.69, 9.17) is 47.9 Å². The Balaban J connectivity index is 1.98. The Bertz CT molecular complexity index is 1180. The van der Waals surface area contributed by atoms with E-state index in [-0.39, 0.29) is 36.0 Å². The highest BCUT2D eigenvalue weighted by molar-refractivity contribution is 6.35. The second-order valence-electron chi connectivity index (χ2n) is 7.05. The summed E-state index contributed by atoms with van der Waals surface area (Å²) in [6, 6.07) is 12.3. The van der Waals surface area contributed by atoms with E-state index in [9.17, 15) is 10.1 Å². The molecule has 0 spiro atoms. The predicted octanol–water partition coefficient (Wildman–Crippen LogP) is 5.23. The molecule has 0 fully saturated rings. The van der Waals surface area contributed by atoms with Crippen molar-refractivity contribution in [2.24, 2.45) is 5.73 Å². The summed E-state index contributed by atoms with van der Waals surface area (Å²) in [5.74, 6) is -0.307. The van der Waals surface area contributed by atoms with E-state index in [1.54, 1.807) is 50.2 Å². The summed E-state index contributed by atoms with van der Waals surface area (Å²) < 4.78 is 22.0. The lowest BCUT2D eigenvalue weighted by atomic mass is 9.83. The molecule has 0 saturated heterocycles. The molecule has 7 nitrogen and oxygen atoms in total. The van der Waals surface area contributed by atoms with Crippen molar-refractivity contribution in [1.82, 2.24) is 0 Å². The number of ether oxygens (including phenoxy) is 4. The van der Waals surface area contributed by atoms with Crippen LogP contribution in [0.2, 0.25) is 10.0 Å². The van der Waals surface area contributed by atoms with Crippen LogP contribution in [0.3, 0.4) is 0 Å². The quantitative estimate of drug-likeness (QED) is 0.532. The van der Waals surface area contributed by atoms with Gasteiger partial charge in [0.25, 0.3) is 0 Å². The topological polar surface area (TPSA) is 104 Å². The van der Waals surface area contributed by atoms with Gasteiger partial charge in [0.05, 0.1) is 25.2 Å². The molecule has 0 amide bonds. The number of methoxy groups -OCH3 is 1. The highest BCUT2D eigenvalue weighted by Crippen LogP contribution is 2.42. The van der Waals surface area contributed by atoms with E-state index >= 15 is 0 Å². The molecule has 172 valence electrons. The van der Waals surface area contributed by atoms with Gasteiger partial charge in [-0.05, 0) is 43.7 Å². The van der Waals surface area contributed by atoms with Crippen LogP contribution in [-0.2, 0) is 20.9 Å². The zero-order chi connectivity index (χ0) is 24.1. The van der Waals surface area contributed by atoms with Crippen LogP contribution in [0, 0.1) is 11.3 Å². The first-order valence-corrected chi connectivity index (χ1v) is 10.8. The second-order valence-corrected chi connectivity index (χ2v) is 7.89. The number of benzene rings is 2. The number of rotatable bonds is 7. The molecule has 2 N–H and O–H groups in total. The van der Waals surface area contributed by atoms with Gasteiger partial charge in [-0.15, -0.1) is 0 Å². The molecule has 0 aliphatic carbocycles. The van der Waals surface area contributed by atoms with Crippen molar-refractivity contribution in [2.45, 2.75) is 26.4 Å². The van der Waals surface area contributed by atoms with Crippen molar-refractivity contribution in [3.05, 3.63) is 80.4 Å². The van der Waals surface area contributed by atoms with E-state index in [1.807, 2.05) is 6.07 Å². The maximum absolute atomic E-state index is 12.7. The number of hydrogen-bond donors (Lipinski definition) is 1. The summed E-state index contributed by atoms with van der Waals surface area (Å²) >= 11 is 12.2. The summed E-state index contributed by atoms with van der Waals surface area (Å²) in [6.45, 7) is 3.66. The predicted molar refractivity (Wildman–Crippen MR) is 124 cm³/mol. The molecule has 1 atom stereocenters. The van der Waals surface area contributed by atoms with Crippen LogP contribution in [0.4, 0.5) is 0 Å². The number of nitrogens with zero attached hydrogens (tertiary/aromatic N) is 1. The van der Waals surface area contributed by atoms with E-state index in [0.717, 1.165) is 5.56 Å². The Morgan fingerprint density at radius 2 is 1.97 bits per heavy atom. The SMILES string of the molecule is CCOC(=O)C1=C(C)OC(N)=C(C#N)C1c1ccc(OCc2ccc(Cl)cc2Cl)c(OC)c1. The molecule has 0 radical (unpaired) electrons. The monoisotopic (exact) mass is 488 g/mol. The zero-order valence-corrected chi connectivity index (χ0v) is 19.8. The number of carbonyl (C=O) groups excluding carboxylic acids is 1. The van der Waals surface area contributed by atoms with Gasteiger partial charge in [-0.25, -0.2) is 4.79 Å². The largest absolute Gasteiger partial charge is 0.493 e. The van der Waals surface area contributed by atoms with Gasteiger partial charge >= 0.3 is 5.97 Å². The third-order valence-corrected chi connectivity index (χ3v) is 5.61. The van der Waals surface area contributed by atoms with E-state index in [1.165, 1.54) is 7.11 Å². The third-order valence-electron chi connectivity index (χ3n) is 5.02. The highest BCUT2D eigenvalue weighted by atomic mass is 35.5. The third kappa shape index (κ3) is 5.19. The molecule has 0 saturated carbocycles. The number of carbonyl (C=O) groups is 1. The van der Waals surface area contributed by atoms with Crippen molar-refractivity contribution < 1.29 is 23.7 Å². The molecule has 1 aliphatic rings. The Morgan fingerprint density at radius 3 is 2.61 bits per heavy atom. The fourth-order valence-electron chi connectivity index (χ4n) is 3.47. The maximum Gasteiger partial charge on any atom is 0.338 e. The lowest BCUT2D eigenvalue weighted by molar-refractivity contribution is -0.139. The van der Waals surface area contributed by atoms with Crippen molar-refractivity contribution in [3.63, 3.8) is 0 Å². The smallest absolute Gasteiger partial charge is 0.338 e. The van der Waals surface area contributed by atoms with Gasteiger partial charge in [0.1, 0.15) is 24.0 Å². The first kappa shape index (κ1) is 24.3. The minimum absolute atomic E-state index is 0.0651. The molecular weight excluding hydrogens is 467 g/mol. The van der Waals surface area contributed by atoms with Crippen molar-refractivity contribution in [2.75, 3.05) is 13.7 Å². The van der Waals surface area contributed by atoms with Gasteiger partial charge in [0, 0.05) is 15.6 Å². The van der Waals surface area contributed by atoms with Crippen LogP contribution >= 0.6 is 23.2 Å². The average molecular weight is 489 g/mol. The van der Waals surface area contributed by atoms with Gasteiger partial charge in [-0.1, -0.05) is 35.3 Å². The summed E-state index contributed by atoms with van der Waals surface area (Å²) in [5, 5.41) is 10.7. The van der Waals surface area contributed by atoms with Gasteiger partial charge < -0.3 is 24.7 Å². The molecular formula is C24H22Cl2N2O5. The number of nitrogens with two attached hydrogens (primary N) is 1. The maximum atomic E-state index is 12.7. The molecule has 0 bridgehead atoms. The molecule has 3 rings (SSSR count). The molecule has 9 heteroatoms. The Kier molecular flexibility index (Phi) is 7.75. The van der Waals surface area contributed by atoms with Crippen LogP contribution in [-0.4, -0.2) is 19.7 Å². The molecule has 1 heterocycles. The number of allylic oxidation sites excluding steroid dienone is 2. The first-order chi connectivity index (χ1) is 15.8. The molecule has 1 unspecified atom stereocenters. The lowest BCUT2D eigenvalue weighted by Gasteiger charge is -2.27. The van der Waals surface area contributed by atoms with Crippen molar-refractivity contribution in [1.29, 1.82) is 5.26 Å². The van der Waals surface area contributed by atoms with Crippen molar-refractivity contribution in [3.8, 4) is 17.6 Å². The first-order valence-electron chi connectivity index (χ1n) is 10.0. The summed E-state index contributed by atoms with van der Waals surface area (Å²) in [7, 11) is 1.49. The standard InChI is InChI=1S/C24H22Cl2N2O5/c1-4-31-24(29)21-13(2)33-23(28)17(11-27)22(21)14-6-8-19(20(9-14)30-3)32-12-15-5-7-16(25)10-18(15)26/h5-10,22H,4,12,28H2,1-3H3. The number of halogens is 2. The van der Waals surface area contributed by atoms with E-state index in [2.05, 4.69) is 0 Å². The molecule has 2 aromatic rings. The van der Waals surface area contributed by atoms with Crippen LogP contribution in [0.1, 0.15) is 30.9 Å². The molecule has 33 heavy (non-hydrogen) atoms. The van der Waals surface area contributed by atoms with Gasteiger partial charge in [0.15, 0.2) is 11.5 Å². The summed E-state index contributed by atoms with van der Waals surface area (Å²) in [4.78, 5) is 12.7. The average Bonchev–Trinajstić information content (AvgIpc) is 2.78. The minimum atomic E-state index is -0.781. The van der Waals surface area contributed by atoms with Gasteiger partial charge in [-0.2, -0.15) is 5.26 Å². The van der Waals surface area contributed by atoms with Crippen LogP contribution in [0.15, 0.2) is 59.2 Å². The Hall–Kier alpha value is -3.34. The Morgan fingerprint density at radius 1 is 1.21 bits per heavy atom. The molecule has 2 aromatic carbocycles. The minimum Gasteiger partial charge on any atom is -0.493 e. The summed E-state index contributed by atoms with van der Waals surface area (Å²) in [5.41, 5.74) is 7.60. The van der Waals surface area contributed by atoms with E-state index < -0.39 is 11.9 Å². The second kappa shape index (κ2) is 10.5. The number of nitriles is 1. The Labute approximate surface area is 201 Å². The van der Waals surface area contributed by atoms with E-state index in [0.29, 0.717) is 27.1 Å². The zero-order valence-electron chi connectivity index (χ0n) is 18.3. The van der Waals surface area contributed by atoms with Gasteiger partial charge in [0.2, 0.25) is 5.88 Å². The van der Waals surface area contributed by atoms with Crippen LogP contribution in [0.25, 0.3) is 0 Å². The van der Waals surface area contributed by atoms with Gasteiger partial charge in [-0.3, -0.25) is 0 Å². The van der Waals surface area contributed by atoms with Crippen molar-refractivity contribution >= 4 is 29.2 Å². The molecule has 0 aromatic heterocycles. The number of esters is 1. The fraction of sp³-hybridized carbons (Fsp3) is 0.250. The molecule has 1 aliphatic heterocycles. The van der Waals surface area contributed by atoms with Crippen LogP contribution < -0.4 is 15.2 Å². The summed E-state index contributed by atoms with van der Waals surface area (Å²) in [6.07, 6.45) is 0. The van der Waals surface area contributed by atoms with Crippen LogP contribution in [0.5, 0.6) is 11.5 Å². The normalized spacial score (nSPS) is 15.6.